The second-order valence-electron chi connectivity index (χ2n) is 6.58. The molecule has 3 rings (SSSR count). The van der Waals surface area contributed by atoms with Gasteiger partial charge in [0.2, 0.25) is 0 Å². The summed E-state index contributed by atoms with van der Waals surface area (Å²) in [6, 6.07) is 3.67. The second-order valence-corrected chi connectivity index (χ2v) is 6.58. The molecule has 4 unspecified atom stereocenters. The highest BCUT2D eigenvalue weighted by Crippen LogP contribution is 2.50. The van der Waals surface area contributed by atoms with Crippen molar-refractivity contribution >= 4 is 0 Å². The minimum absolute atomic E-state index is 0.247. The molecule has 3 heteroatoms. The summed E-state index contributed by atoms with van der Waals surface area (Å²) in [4.78, 5) is 4.30. The molecule has 0 aliphatic heterocycles. The van der Waals surface area contributed by atoms with Gasteiger partial charge in [0.25, 0.3) is 0 Å². The topological polar surface area (TPSA) is 24.9 Å². The Balaban J connectivity index is 1.67. The molecule has 2 aliphatic carbocycles. The van der Waals surface area contributed by atoms with Gasteiger partial charge < -0.3 is 5.32 Å². The van der Waals surface area contributed by atoms with E-state index in [1.807, 2.05) is 6.07 Å². The Morgan fingerprint density at radius 2 is 2.25 bits per heavy atom. The summed E-state index contributed by atoms with van der Waals surface area (Å²) in [7, 11) is 0. The molecule has 1 aromatic heterocycles. The fourth-order valence-corrected chi connectivity index (χ4v) is 4.19. The number of hydrogen-bond donors (Lipinski definition) is 1. The highest BCUT2D eigenvalue weighted by molar-refractivity contribution is 5.10. The van der Waals surface area contributed by atoms with E-state index in [4.69, 9.17) is 0 Å². The minimum atomic E-state index is -0.247. The van der Waals surface area contributed by atoms with Gasteiger partial charge >= 0.3 is 0 Å². The lowest BCUT2D eigenvalue weighted by Gasteiger charge is -2.27. The zero-order chi connectivity index (χ0) is 13.9. The number of halogens is 1. The Hall–Kier alpha value is -0.960. The highest BCUT2D eigenvalue weighted by Gasteiger charge is 2.40. The smallest absolute Gasteiger partial charge is 0.141 e. The Bertz CT molecular complexity index is 431. The van der Waals surface area contributed by atoms with Crippen LogP contribution in [0.25, 0.3) is 0 Å². The van der Waals surface area contributed by atoms with E-state index < -0.39 is 0 Å². The van der Waals surface area contributed by atoms with Gasteiger partial charge in [0.05, 0.1) is 11.9 Å². The molecule has 2 saturated carbocycles. The van der Waals surface area contributed by atoms with Crippen LogP contribution in [0.1, 0.15) is 57.2 Å². The average molecular weight is 276 g/mol. The monoisotopic (exact) mass is 276 g/mol. The Morgan fingerprint density at radius 1 is 1.35 bits per heavy atom. The van der Waals surface area contributed by atoms with Gasteiger partial charge in [0.1, 0.15) is 5.82 Å². The van der Waals surface area contributed by atoms with E-state index in [0.717, 1.165) is 36.4 Å². The van der Waals surface area contributed by atoms with Crippen LogP contribution in [0.2, 0.25) is 0 Å². The molecule has 20 heavy (non-hydrogen) atoms. The Labute approximate surface area is 121 Å². The van der Waals surface area contributed by atoms with Gasteiger partial charge in [-0.05, 0) is 68.5 Å². The van der Waals surface area contributed by atoms with Crippen molar-refractivity contribution in [2.45, 2.75) is 51.5 Å². The van der Waals surface area contributed by atoms with Crippen molar-refractivity contribution < 1.29 is 4.39 Å². The molecule has 0 spiro atoms. The van der Waals surface area contributed by atoms with Crippen molar-refractivity contribution in [3.05, 3.63) is 29.8 Å². The summed E-state index contributed by atoms with van der Waals surface area (Å²) >= 11 is 0. The van der Waals surface area contributed by atoms with Crippen molar-refractivity contribution in [2.75, 3.05) is 6.54 Å². The summed E-state index contributed by atoms with van der Waals surface area (Å²) in [5, 5.41) is 3.61. The number of aromatic nitrogens is 1. The first kappa shape index (κ1) is 14.0. The lowest BCUT2D eigenvalue weighted by atomic mass is 9.83. The van der Waals surface area contributed by atoms with Crippen molar-refractivity contribution in [1.29, 1.82) is 0 Å². The molecule has 2 bridgehead atoms. The van der Waals surface area contributed by atoms with Crippen LogP contribution in [-0.2, 0) is 0 Å². The van der Waals surface area contributed by atoms with Crippen molar-refractivity contribution in [3.8, 4) is 0 Å². The van der Waals surface area contributed by atoms with Gasteiger partial charge in [0.15, 0.2) is 0 Å². The molecule has 0 amide bonds. The van der Waals surface area contributed by atoms with Gasteiger partial charge in [-0.15, -0.1) is 0 Å². The highest BCUT2D eigenvalue weighted by atomic mass is 19.1. The normalized spacial score (nSPS) is 29.8. The van der Waals surface area contributed by atoms with Crippen molar-refractivity contribution in [2.24, 2.45) is 17.8 Å². The molecule has 2 aliphatic rings. The molecule has 2 nitrogen and oxygen atoms in total. The molecule has 0 aromatic carbocycles. The van der Waals surface area contributed by atoms with Crippen molar-refractivity contribution in [1.82, 2.24) is 10.3 Å². The van der Waals surface area contributed by atoms with E-state index in [2.05, 4.69) is 17.2 Å². The first-order chi connectivity index (χ1) is 9.76. The van der Waals surface area contributed by atoms with Crippen LogP contribution < -0.4 is 5.32 Å². The number of nitrogens with zero attached hydrogens (tertiary/aromatic N) is 1. The maximum Gasteiger partial charge on any atom is 0.141 e. The number of nitrogens with one attached hydrogen (secondary N) is 1. The van der Waals surface area contributed by atoms with Crippen molar-refractivity contribution in [3.63, 3.8) is 0 Å². The standard InChI is InChI=1S/C17H25FN2/c1-2-7-19-17(16-6-5-15(18)11-20-16)10-14-9-12-3-4-13(14)8-12/h5-6,11-14,17,19H,2-4,7-10H2,1H3. The summed E-state index contributed by atoms with van der Waals surface area (Å²) in [6.45, 7) is 3.18. The van der Waals surface area contributed by atoms with Crippen LogP contribution in [0.15, 0.2) is 18.3 Å². The largest absolute Gasteiger partial charge is 0.309 e. The maximum atomic E-state index is 13.0. The molecule has 1 aromatic rings. The molecule has 0 radical (unpaired) electrons. The first-order valence-corrected chi connectivity index (χ1v) is 8.11. The summed E-state index contributed by atoms with van der Waals surface area (Å²) in [5.74, 6) is 2.52. The number of hydrogen-bond acceptors (Lipinski definition) is 2. The van der Waals surface area contributed by atoms with E-state index >= 15 is 0 Å². The third kappa shape index (κ3) is 3.03. The third-order valence-electron chi connectivity index (χ3n) is 5.17. The van der Waals surface area contributed by atoms with Crippen LogP contribution in [0.3, 0.4) is 0 Å². The van der Waals surface area contributed by atoms with Crippen LogP contribution in [0.4, 0.5) is 4.39 Å². The molecule has 110 valence electrons. The van der Waals surface area contributed by atoms with E-state index in [9.17, 15) is 4.39 Å². The molecule has 1 N–H and O–H groups in total. The molecule has 0 saturated heterocycles. The zero-order valence-electron chi connectivity index (χ0n) is 12.3. The van der Waals surface area contributed by atoms with Gasteiger partial charge in [-0.3, -0.25) is 4.98 Å². The quantitative estimate of drug-likeness (QED) is 0.846. The Kier molecular flexibility index (Phi) is 4.35. The molecular weight excluding hydrogens is 251 g/mol. The molecule has 1 heterocycles. The van der Waals surface area contributed by atoms with Gasteiger partial charge in [0, 0.05) is 6.04 Å². The van der Waals surface area contributed by atoms with E-state index in [0.29, 0.717) is 6.04 Å². The summed E-state index contributed by atoms with van der Waals surface area (Å²) in [5.41, 5.74) is 1.00. The molecule has 2 fully saturated rings. The third-order valence-corrected chi connectivity index (χ3v) is 5.17. The molecule has 4 atom stereocenters. The maximum absolute atomic E-state index is 13.0. The summed E-state index contributed by atoms with van der Waals surface area (Å²) in [6.07, 6.45) is 9.35. The fraction of sp³-hybridized carbons (Fsp3) is 0.706. The first-order valence-electron chi connectivity index (χ1n) is 8.11. The number of pyridine rings is 1. The number of rotatable bonds is 6. The van der Waals surface area contributed by atoms with Crippen LogP contribution in [0, 0.1) is 23.6 Å². The van der Waals surface area contributed by atoms with E-state index in [1.54, 1.807) is 0 Å². The second kappa shape index (κ2) is 6.21. The number of fused-ring (bicyclic) bond motifs is 2. The predicted molar refractivity (Wildman–Crippen MR) is 78.8 cm³/mol. The van der Waals surface area contributed by atoms with Crippen LogP contribution >= 0.6 is 0 Å². The SMILES string of the molecule is CCCNC(CC1CC2CCC1C2)c1ccc(F)cn1. The van der Waals surface area contributed by atoms with Gasteiger partial charge in [-0.1, -0.05) is 13.3 Å². The van der Waals surface area contributed by atoms with Crippen LogP contribution in [-0.4, -0.2) is 11.5 Å². The fourth-order valence-electron chi connectivity index (χ4n) is 4.19. The average Bonchev–Trinajstić information content (AvgIpc) is 3.07. The lowest BCUT2D eigenvalue weighted by Crippen LogP contribution is -2.27. The zero-order valence-corrected chi connectivity index (χ0v) is 12.3. The predicted octanol–water partition coefficient (Wildman–Crippen LogP) is 4.09. The lowest BCUT2D eigenvalue weighted by molar-refractivity contribution is 0.277. The van der Waals surface area contributed by atoms with Gasteiger partial charge in [-0.25, -0.2) is 4.39 Å². The Morgan fingerprint density at radius 3 is 2.85 bits per heavy atom. The summed E-state index contributed by atoms with van der Waals surface area (Å²) < 4.78 is 13.0. The minimum Gasteiger partial charge on any atom is -0.309 e. The van der Waals surface area contributed by atoms with Gasteiger partial charge in [-0.2, -0.15) is 0 Å². The molecular formula is C17H25FN2. The van der Waals surface area contributed by atoms with E-state index in [-0.39, 0.29) is 5.82 Å². The van der Waals surface area contributed by atoms with E-state index in [1.165, 1.54) is 44.4 Å². The van der Waals surface area contributed by atoms with Crippen LogP contribution in [0.5, 0.6) is 0 Å².